The smallest absolute Gasteiger partial charge is 0.154 e. The third-order valence-electron chi connectivity index (χ3n) is 1.51. The zero-order valence-electron chi connectivity index (χ0n) is 8.27. The molecule has 0 rings (SSSR count). The minimum atomic E-state index is 0.0755. The van der Waals surface area contributed by atoms with Gasteiger partial charge in [-0.2, -0.15) is 0 Å². The summed E-state index contributed by atoms with van der Waals surface area (Å²) in [6, 6.07) is 0. The number of carbonyl (C=O) groups is 1. The maximum absolute atomic E-state index is 10.7. The van der Waals surface area contributed by atoms with Crippen LogP contribution in [0.2, 0.25) is 0 Å². The Morgan fingerprint density at radius 1 is 1.42 bits per heavy atom. The molecule has 0 bridgehead atoms. The predicted molar refractivity (Wildman–Crippen MR) is 51.6 cm³/mol. The normalized spacial score (nSPS) is 13.0. The van der Waals surface area contributed by atoms with Crippen LogP contribution in [0.25, 0.3) is 0 Å². The highest BCUT2D eigenvalue weighted by Gasteiger charge is 1.93. The van der Waals surface area contributed by atoms with Crippen molar-refractivity contribution < 1.29 is 4.79 Å². The molecule has 0 heterocycles. The van der Waals surface area contributed by atoms with E-state index in [0.717, 1.165) is 17.8 Å². The average Bonchev–Trinajstić information content (AvgIpc) is 1.98. The molecular formula is C10H17NO. The highest BCUT2D eigenvalue weighted by molar-refractivity contribution is 5.87. The van der Waals surface area contributed by atoms with E-state index in [9.17, 15) is 4.79 Å². The first-order chi connectivity index (χ1) is 5.60. The van der Waals surface area contributed by atoms with Crippen molar-refractivity contribution in [3.63, 3.8) is 0 Å². The molecule has 0 aliphatic rings. The molecule has 0 aromatic rings. The number of nitrogens with one attached hydrogen (secondary N) is 1. The van der Waals surface area contributed by atoms with Crippen LogP contribution in [0.5, 0.6) is 0 Å². The second kappa shape index (κ2) is 5.58. The Hall–Kier alpha value is -1.05. The molecule has 0 atom stereocenters. The fraction of sp³-hybridized carbons (Fsp3) is 0.500. The SMILES string of the molecule is C/C=C(\CC)N/C(C)=C/C(C)=O. The summed E-state index contributed by atoms with van der Waals surface area (Å²) in [5.41, 5.74) is 2.04. The van der Waals surface area contributed by atoms with Gasteiger partial charge in [0.1, 0.15) is 0 Å². The Morgan fingerprint density at radius 2 is 2.00 bits per heavy atom. The van der Waals surface area contributed by atoms with Crippen LogP contribution >= 0.6 is 0 Å². The van der Waals surface area contributed by atoms with E-state index in [-0.39, 0.29) is 5.78 Å². The average molecular weight is 167 g/mol. The lowest BCUT2D eigenvalue weighted by atomic mass is 10.3. The van der Waals surface area contributed by atoms with E-state index < -0.39 is 0 Å². The van der Waals surface area contributed by atoms with Crippen LogP contribution < -0.4 is 5.32 Å². The minimum absolute atomic E-state index is 0.0755. The van der Waals surface area contributed by atoms with Gasteiger partial charge in [0.2, 0.25) is 0 Å². The van der Waals surface area contributed by atoms with Gasteiger partial charge in [0.25, 0.3) is 0 Å². The van der Waals surface area contributed by atoms with Crippen molar-refractivity contribution in [1.29, 1.82) is 0 Å². The van der Waals surface area contributed by atoms with Crippen LogP contribution in [0.15, 0.2) is 23.5 Å². The Balaban J connectivity index is 4.16. The molecule has 1 N–H and O–H groups in total. The highest BCUT2D eigenvalue weighted by atomic mass is 16.1. The fourth-order valence-corrected chi connectivity index (χ4v) is 0.959. The summed E-state index contributed by atoms with van der Waals surface area (Å²) >= 11 is 0. The van der Waals surface area contributed by atoms with Crippen molar-refractivity contribution in [3.05, 3.63) is 23.5 Å². The topological polar surface area (TPSA) is 29.1 Å². The summed E-state index contributed by atoms with van der Waals surface area (Å²) in [5.74, 6) is 0.0755. The van der Waals surface area contributed by atoms with Gasteiger partial charge in [-0.1, -0.05) is 13.0 Å². The van der Waals surface area contributed by atoms with Gasteiger partial charge in [-0.25, -0.2) is 0 Å². The van der Waals surface area contributed by atoms with Crippen molar-refractivity contribution in [1.82, 2.24) is 5.32 Å². The van der Waals surface area contributed by atoms with E-state index in [2.05, 4.69) is 12.2 Å². The number of allylic oxidation sites excluding steroid dienone is 4. The lowest BCUT2D eigenvalue weighted by Crippen LogP contribution is -2.10. The second-order valence-corrected chi connectivity index (χ2v) is 2.73. The van der Waals surface area contributed by atoms with Crippen LogP contribution in [-0.2, 0) is 4.79 Å². The minimum Gasteiger partial charge on any atom is -0.363 e. The van der Waals surface area contributed by atoms with Gasteiger partial charge < -0.3 is 5.32 Å². The maximum atomic E-state index is 10.7. The van der Waals surface area contributed by atoms with E-state index in [0.29, 0.717) is 0 Å². The number of carbonyl (C=O) groups excluding carboxylic acids is 1. The molecule has 0 fully saturated rings. The molecule has 68 valence electrons. The first kappa shape index (κ1) is 11.0. The molecule has 0 radical (unpaired) electrons. The van der Waals surface area contributed by atoms with E-state index >= 15 is 0 Å². The van der Waals surface area contributed by atoms with Gasteiger partial charge in [0.15, 0.2) is 5.78 Å². The molecular weight excluding hydrogens is 150 g/mol. The molecule has 0 aromatic heterocycles. The quantitative estimate of drug-likeness (QED) is 0.651. The van der Waals surface area contributed by atoms with E-state index in [4.69, 9.17) is 0 Å². The molecule has 2 nitrogen and oxygen atoms in total. The summed E-state index contributed by atoms with van der Waals surface area (Å²) in [5, 5.41) is 3.15. The maximum Gasteiger partial charge on any atom is 0.154 e. The van der Waals surface area contributed by atoms with Gasteiger partial charge >= 0.3 is 0 Å². The third kappa shape index (κ3) is 4.72. The summed E-state index contributed by atoms with van der Waals surface area (Å²) in [4.78, 5) is 10.7. The lowest BCUT2D eigenvalue weighted by molar-refractivity contribution is -0.112. The van der Waals surface area contributed by atoms with Crippen LogP contribution in [0.4, 0.5) is 0 Å². The van der Waals surface area contributed by atoms with Crippen LogP contribution in [0, 0.1) is 0 Å². The lowest BCUT2D eigenvalue weighted by Gasteiger charge is -2.07. The van der Waals surface area contributed by atoms with Gasteiger partial charge in [-0.3, -0.25) is 4.79 Å². The van der Waals surface area contributed by atoms with Gasteiger partial charge in [-0.15, -0.1) is 0 Å². The highest BCUT2D eigenvalue weighted by Crippen LogP contribution is 1.99. The molecule has 12 heavy (non-hydrogen) atoms. The molecule has 0 saturated heterocycles. The van der Waals surface area contributed by atoms with Crippen molar-refractivity contribution in [2.45, 2.75) is 34.1 Å². The fourth-order valence-electron chi connectivity index (χ4n) is 0.959. The molecule has 0 aliphatic heterocycles. The van der Waals surface area contributed by atoms with Crippen molar-refractivity contribution in [3.8, 4) is 0 Å². The summed E-state index contributed by atoms with van der Waals surface area (Å²) < 4.78 is 0. The third-order valence-corrected chi connectivity index (χ3v) is 1.51. The molecule has 0 aromatic carbocycles. The van der Waals surface area contributed by atoms with E-state index in [1.807, 2.05) is 19.9 Å². The zero-order chi connectivity index (χ0) is 9.56. The Morgan fingerprint density at radius 3 is 2.33 bits per heavy atom. The van der Waals surface area contributed by atoms with E-state index in [1.54, 1.807) is 13.0 Å². The van der Waals surface area contributed by atoms with Gasteiger partial charge in [-0.05, 0) is 33.3 Å². The summed E-state index contributed by atoms with van der Waals surface area (Å²) in [7, 11) is 0. The largest absolute Gasteiger partial charge is 0.363 e. The number of hydrogen-bond acceptors (Lipinski definition) is 2. The van der Waals surface area contributed by atoms with Crippen LogP contribution in [-0.4, -0.2) is 5.78 Å². The molecule has 0 unspecified atom stereocenters. The number of ketones is 1. The Kier molecular flexibility index (Phi) is 5.09. The molecule has 0 saturated carbocycles. The summed E-state index contributed by atoms with van der Waals surface area (Å²) in [6.07, 6.45) is 4.57. The standard InChI is InChI=1S/C10H17NO/c1-5-10(6-2)11-8(3)7-9(4)12/h5,7,11H,6H2,1-4H3/b8-7+,10-5+. The molecule has 0 spiro atoms. The zero-order valence-corrected chi connectivity index (χ0v) is 8.27. The van der Waals surface area contributed by atoms with Crippen molar-refractivity contribution in [2.75, 3.05) is 0 Å². The molecule has 0 aliphatic carbocycles. The number of rotatable bonds is 4. The molecule has 2 heteroatoms. The first-order valence-electron chi connectivity index (χ1n) is 4.21. The molecule has 0 amide bonds. The second-order valence-electron chi connectivity index (χ2n) is 2.73. The first-order valence-corrected chi connectivity index (χ1v) is 4.21. The van der Waals surface area contributed by atoms with Gasteiger partial charge in [0.05, 0.1) is 0 Å². The number of hydrogen-bond donors (Lipinski definition) is 1. The van der Waals surface area contributed by atoms with Crippen LogP contribution in [0.1, 0.15) is 34.1 Å². The monoisotopic (exact) mass is 167 g/mol. The van der Waals surface area contributed by atoms with Crippen molar-refractivity contribution >= 4 is 5.78 Å². The van der Waals surface area contributed by atoms with Crippen LogP contribution in [0.3, 0.4) is 0 Å². The summed E-state index contributed by atoms with van der Waals surface area (Å²) in [6.45, 7) is 7.49. The Labute approximate surface area is 74.4 Å². The van der Waals surface area contributed by atoms with E-state index in [1.165, 1.54) is 0 Å². The van der Waals surface area contributed by atoms with Crippen molar-refractivity contribution in [2.24, 2.45) is 0 Å². The Bertz CT molecular complexity index is 214. The van der Waals surface area contributed by atoms with Gasteiger partial charge in [0, 0.05) is 11.4 Å². The predicted octanol–water partition coefficient (Wildman–Crippen LogP) is 2.38.